The van der Waals surface area contributed by atoms with Gasteiger partial charge in [0.1, 0.15) is 0 Å². The Bertz CT molecular complexity index is 1340. The Balaban J connectivity index is 1.68. The molecule has 0 amide bonds. The van der Waals surface area contributed by atoms with Gasteiger partial charge in [0, 0.05) is 46.2 Å². The summed E-state index contributed by atoms with van der Waals surface area (Å²) in [6.07, 6.45) is 4.38. The minimum Gasteiger partial charge on any atom is -0.354 e. The molecule has 30 heavy (non-hydrogen) atoms. The molecule has 1 aliphatic heterocycles. The summed E-state index contributed by atoms with van der Waals surface area (Å²) < 4.78 is 1.69. The van der Waals surface area contributed by atoms with Crippen molar-refractivity contribution in [1.29, 1.82) is 0 Å². The van der Waals surface area contributed by atoms with Crippen molar-refractivity contribution >= 4 is 21.8 Å². The Morgan fingerprint density at radius 2 is 1.73 bits per heavy atom. The summed E-state index contributed by atoms with van der Waals surface area (Å²) in [5.41, 5.74) is 9.29. The third-order valence-electron chi connectivity index (χ3n) is 6.97. The van der Waals surface area contributed by atoms with Gasteiger partial charge < -0.3 is 14.9 Å². The van der Waals surface area contributed by atoms with Crippen molar-refractivity contribution in [1.82, 2.24) is 14.9 Å². The summed E-state index contributed by atoms with van der Waals surface area (Å²) >= 11 is 0. The summed E-state index contributed by atoms with van der Waals surface area (Å²) in [7, 11) is 1.83. The fourth-order valence-electron chi connectivity index (χ4n) is 5.10. The molecule has 2 aromatic carbocycles. The van der Waals surface area contributed by atoms with E-state index in [1.54, 1.807) is 4.57 Å². The van der Waals surface area contributed by atoms with Gasteiger partial charge in [-0.1, -0.05) is 12.1 Å². The maximum absolute atomic E-state index is 12.3. The Labute approximate surface area is 176 Å². The van der Waals surface area contributed by atoms with Crippen LogP contribution in [0.1, 0.15) is 41.0 Å². The van der Waals surface area contributed by atoms with Gasteiger partial charge in [-0.05, 0) is 93.1 Å². The van der Waals surface area contributed by atoms with E-state index in [2.05, 4.69) is 47.6 Å². The molecule has 4 heteroatoms. The zero-order valence-corrected chi connectivity index (χ0v) is 18.2. The lowest BCUT2D eigenvalue weighted by Crippen LogP contribution is -2.26. The molecule has 0 bridgehead atoms. The Morgan fingerprint density at radius 3 is 2.50 bits per heavy atom. The first kappa shape index (κ1) is 19.1. The van der Waals surface area contributed by atoms with Crippen LogP contribution in [-0.2, 0) is 7.05 Å². The molecule has 0 atom stereocenters. The van der Waals surface area contributed by atoms with Crippen LogP contribution in [0.3, 0.4) is 0 Å². The van der Waals surface area contributed by atoms with Gasteiger partial charge in [-0.25, -0.2) is 0 Å². The Kier molecular flexibility index (Phi) is 4.55. The van der Waals surface area contributed by atoms with Crippen LogP contribution in [0.5, 0.6) is 0 Å². The number of rotatable bonds is 2. The molecule has 4 nitrogen and oxygen atoms in total. The fourth-order valence-corrected chi connectivity index (χ4v) is 5.10. The Hall–Kier alpha value is -2.85. The van der Waals surface area contributed by atoms with Crippen molar-refractivity contribution in [3.05, 3.63) is 69.1 Å². The van der Waals surface area contributed by atoms with Crippen LogP contribution in [0.4, 0.5) is 0 Å². The predicted molar refractivity (Wildman–Crippen MR) is 126 cm³/mol. The second-order valence-electron chi connectivity index (χ2n) is 8.88. The van der Waals surface area contributed by atoms with Crippen LogP contribution in [0.15, 0.2) is 41.3 Å². The van der Waals surface area contributed by atoms with Crippen molar-refractivity contribution in [2.24, 2.45) is 7.05 Å². The summed E-state index contributed by atoms with van der Waals surface area (Å²) in [5, 5.41) is 6.09. The summed E-state index contributed by atoms with van der Waals surface area (Å²) in [6, 6.07) is 11.4. The van der Waals surface area contributed by atoms with Crippen molar-refractivity contribution in [3.63, 3.8) is 0 Å². The summed E-state index contributed by atoms with van der Waals surface area (Å²) in [6.45, 7) is 8.37. The molecule has 2 aromatic heterocycles. The van der Waals surface area contributed by atoms with Crippen LogP contribution in [0.2, 0.25) is 0 Å². The van der Waals surface area contributed by atoms with Crippen molar-refractivity contribution < 1.29 is 0 Å². The van der Waals surface area contributed by atoms with Crippen LogP contribution in [-0.4, -0.2) is 22.6 Å². The van der Waals surface area contributed by atoms with Gasteiger partial charge in [0.15, 0.2) is 0 Å². The molecular formula is C26H29N3O. The number of hydrogen-bond donors (Lipinski definition) is 2. The Morgan fingerprint density at radius 1 is 0.967 bits per heavy atom. The molecular weight excluding hydrogens is 370 g/mol. The highest BCUT2D eigenvalue weighted by molar-refractivity contribution is 6.10. The maximum Gasteiger partial charge on any atom is 0.253 e. The number of aromatic nitrogens is 2. The molecule has 3 heterocycles. The van der Waals surface area contributed by atoms with Crippen LogP contribution < -0.4 is 10.9 Å². The lowest BCUT2D eigenvalue weighted by Gasteiger charge is -2.23. The number of piperidine rings is 1. The molecule has 0 unspecified atom stereocenters. The topological polar surface area (TPSA) is 49.8 Å². The minimum absolute atomic E-state index is 0.0742. The quantitative estimate of drug-likeness (QED) is 0.494. The molecule has 154 valence electrons. The molecule has 1 saturated heterocycles. The van der Waals surface area contributed by atoms with Gasteiger partial charge in [-0.15, -0.1) is 0 Å². The molecule has 1 aliphatic rings. The third-order valence-corrected chi connectivity index (χ3v) is 6.97. The number of nitrogens with zero attached hydrogens (tertiary/aromatic N) is 1. The van der Waals surface area contributed by atoms with E-state index in [-0.39, 0.29) is 5.56 Å². The molecule has 2 N–H and O–H groups in total. The monoisotopic (exact) mass is 399 g/mol. The SMILES string of the molecule is Cc1c(-c2cc(C)c3c(c2)[nH]c2ccc(C4CCNCC4)cc23)cn(C)c(=O)c1C. The minimum atomic E-state index is 0.0742. The highest BCUT2D eigenvalue weighted by Gasteiger charge is 2.18. The predicted octanol–water partition coefficient (Wildman–Crippen LogP) is 5.08. The molecule has 0 radical (unpaired) electrons. The largest absolute Gasteiger partial charge is 0.354 e. The van der Waals surface area contributed by atoms with Crippen LogP contribution in [0, 0.1) is 20.8 Å². The number of pyridine rings is 1. The standard InChI is InChI=1S/C26H29N3O/c1-15-11-20(22-14-29(4)26(30)17(3)16(22)2)13-24-25(15)21-12-19(5-6-23(21)28-24)18-7-9-27-10-8-18/h5-6,11-14,18,27-28H,7-10H2,1-4H3. The van der Waals surface area contributed by atoms with E-state index in [9.17, 15) is 4.79 Å². The summed E-state index contributed by atoms with van der Waals surface area (Å²) in [4.78, 5) is 15.9. The average molecular weight is 400 g/mol. The molecule has 1 fully saturated rings. The highest BCUT2D eigenvalue weighted by Crippen LogP contribution is 2.36. The molecule has 0 aliphatic carbocycles. The zero-order valence-electron chi connectivity index (χ0n) is 18.2. The number of nitrogens with one attached hydrogen (secondary N) is 2. The number of hydrogen-bond acceptors (Lipinski definition) is 2. The van der Waals surface area contributed by atoms with E-state index in [1.807, 2.05) is 27.1 Å². The van der Waals surface area contributed by atoms with E-state index in [0.29, 0.717) is 5.92 Å². The normalized spacial score (nSPS) is 15.3. The first-order valence-electron chi connectivity index (χ1n) is 10.9. The number of aryl methyl sites for hydroxylation is 2. The number of H-pyrrole nitrogens is 1. The highest BCUT2D eigenvalue weighted by atomic mass is 16.1. The smallest absolute Gasteiger partial charge is 0.253 e. The average Bonchev–Trinajstić information content (AvgIpc) is 3.13. The van der Waals surface area contributed by atoms with Crippen molar-refractivity contribution in [3.8, 4) is 11.1 Å². The molecule has 5 rings (SSSR count). The van der Waals surface area contributed by atoms with E-state index in [0.717, 1.165) is 40.9 Å². The van der Waals surface area contributed by atoms with Gasteiger partial charge in [-0.2, -0.15) is 0 Å². The van der Waals surface area contributed by atoms with Crippen molar-refractivity contribution in [2.75, 3.05) is 13.1 Å². The zero-order chi connectivity index (χ0) is 21.0. The van der Waals surface area contributed by atoms with Gasteiger partial charge >= 0.3 is 0 Å². The summed E-state index contributed by atoms with van der Waals surface area (Å²) in [5.74, 6) is 0.649. The number of benzene rings is 2. The van der Waals surface area contributed by atoms with Gasteiger partial charge in [0.25, 0.3) is 5.56 Å². The molecule has 0 spiro atoms. The first-order valence-corrected chi connectivity index (χ1v) is 10.9. The van der Waals surface area contributed by atoms with Crippen LogP contribution >= 0.6 is 0 Å². The van der Waals surface area contributed by atoms with Gasteiger partial charge in [0.05, 0.1) is 0 Å². The van der Waals surface area contributed by atoms with E-state index < -0.39 is 0 Å². The first-order chi connectivity index (χ1) is 14.4. The second kappa shape index (κ2) is 7.13. The second-order valence-corrected chi connectivity index (χ2v) is 8.88. The van der Waals surface area contributed by atoms with Gasteiger partial charge in [0.2, 0.25) is 0 Å². The number of fused-ring (bicyclic) bond motifs is 3. The lowest BCUT2D eigenvalue weighted by molar-refractivity contribution is 0.460. The van der Waals surface area contributed by atoms with Crippen LogP contribution in [0.25, 0.3) is 32.9 Å². The molecule has 0 saturated carbocycles. The third kappa shape index (κ3) is 2.98. The van der Waals surface area contributed by atoms with Crippen molar-refractivity contribution in [2.45, 2.75) is 39.5 Å². The van der Waals surface area contributed by atoms with E-state index >= 15 is 0 Å². The maximum atomic E-state index is 12.3. The van der Waals surface area contributed by atoms with E-state index in [4.69, 9.17) is 0 Å². The molecule has 4 aromatic rings. The number of aromatic amines is 1. The lowest BCUT2D eigenvalue weighted by atomic mass is 9.89. The van der Waals surface area contributed by atoms with E-state index in [1.165, 1.54) is 40.3 Å². The fraction of sp³-hybridized carbons (Fsp3) is 0.346. The van der Waals surface area contributed by atoms with Gasteiger partial charge in [-0.3, -0.25) is 4.79 Å².